The molecule has 1 aromatic heterocycles. The summed E-state index contributed by atoms with van der Waals surface area (Å²) >= 11 is 0. The average Bonchev–Trinajstić information content (AvgIpc) is 2.65. The first-order valence-electron chi connectivity index (χ1n) is 8.72. The van der Waals surface area contributed by atoms with E-state index in [1.54, 1.807) is 6.20 Å². The maximum atomic E-state index is 12.7. The topological polar surface area (TPSA) is 56.8 Å². The number of para-hydroxylation sites is 1. The van der Waals surface area contributed by atoms with Crippen LogP contribution in [-0.2, 0) is 9.59 Å². The second-order valence-corrected chi connectivity index (χ2v) is 6.27. The molecule has 2 heterocycles. The van der Waals surface area contributed by atoms with E-state index < -0.39 is 0 Å². The van der Waals surface area contributed by atoms with Gasteiger partial charge >= 0.3 is 0 Å². The van der Waals surface area contributed by atoms with Gasteiger partial charge in [-0.25, -0.2) is 0 Å². The average molecular weight is 340 g/mol. The number of likely N-dealkylation sites (N-methyl/N-ethyl adjacent to an activating group) is 1. The quantitative estimate of drug-likeness (QED) is 0.851. The number of aromatic nitrogens is 1. The summed E-state index contributed by atoms with van der Waals surface area (Å²) in [6.07, 6.45) is 1.70. The van der Waals surface area contributed by atoms with Crippen LogP contribution >= 0.6 is 0 Å². The van der Waals surface area contributed by atoms with Crippen LogP contribution in [0.2, 0.25) is 0 Å². The molecule has 25 heavy (non-hydrogen) atoms. The largest absolute Gasteiger partial charge is 0.339 e. The Morgan fingerprint density at radius 3 is 2.52 bits per heavy atom. The van der Waals surface area contributed by atoms with E-state index in [0.717, 1.165) is 30.5 Å². The molecular weight excluding hydrogens is 316 g/mol. The van der Waals surface area contributed by atoms with Gasteiger partial charge in [-0.2, -0.15) is 0 Å². The van der Waals surface area contributed by atoms with Gasteiger partial charge in [-0.1, -0.05) is 25.1 Å². The number of nitrogens with zero attached hydrogens (tertiary/aromatic N) is 4. The molecule has 0 atom stereocenters. The van der Waals surface area contributed by atoms with Crippen molar-refractivity contribution in [1.82, 2.24) is 14.8 Å². The van der Waals surface area contributed by atoms with Crippen molar-refractivity contribution in [2.24, 2.45) is 0 Å². The minimum atomic E-state index is -0.154. The van der Waals surface area contributed by atoms with Gasteiger partial charge in [0.05, 0.1) is 11.2 Å². The number of pyridine rings is 1. The first-order valence-corrected chi connectivity index (χ1v) is 8.72. The fraction of sp³-hybridized carbons (Fsp3) is 0.421. The number of carbonyl (C=O) groups is 2. The van der Waals surface area contributed by atoms with Crippen molar-refractivity contribution in [1.29, 1.82) is 0 Å². The first-order chi connectivity index (χ1) is 12.1. The first kappa shape index (κ1) is 17.4. The molecule has 1 aromatic carbocycles. The number of fused-ring (bicyclic) bond motifs is 1. The lowest BCUT2D eigenvalue weighted by Gasteiger charge is -2.35. The third kappa shape index (κ3) is 3.79. The fourth-order valence-electron chi connectivity index (χ4n) is 3.22. The number of rotatable bonds is 4. The summed E-state index contributed by atoms with van der Waals surface area (Å²) < 4.78 is 0. The van der Waals surface area contributed by atoms with Crippen molar-refractivity contribution in [3.05, 3.63) is 36.5 Å². The highest BCUT2D eigenvalue weighted by Gasteiger charge is 2.24. The smallest absolute Gasteiger partial charge is 0.242 e. The van der Waals surface area contributed by atoms with E-state index in [0.29, 0.717) is 18.8 Å². The number of hydrogen-bond acceptors (Lipinski definition) is 4. The van der Waals surface area contributed by atoms with Crippen molar-refractivity contribution in [2.75, 3.05) is 44.2 Å². The highest BCUT2D eigenvalue weighted by molar-refractivity contribution is 6.04. The van der Waals surface area contributed by atoms with Gasteiger partial charge in [0.2, 0.25) is 11.8 Å². The van der Waals surface area contributed by atoms with E-state index >= 15 is 0 Å². The Morgan fingerprint density at radius 2 is 1.84 bits per heavy atom. The van der Waals surface area contributed by atoms with Crippen LogP contribution in [0.25, 0.3) is 10.9 Å². The van der Waals surface area contributed by atoms with E-state index in [9.17, 15) is 9.59 Å². The molecule has 0 unspecified atom stereocenters. The Kier molecular flexibility index (Phi) is 5.28. The van der Waals surface area contributed by atoms with Gasteiger partial charge in [-0.3, -0.25) is 14.6 Å². The zero-order chi connectivity index (χ0) is 17.8. The van der Waals surface area contributed by atoms with Gasteiger partial charge in [0.15, 0.2) is 0 Å². The molecule has 6 heteroatoms. The number of amides is 2. The molecule has 0 spiro atoms. The van der Waals surface area contributed by atoms with Crippen LogP contribution < -0.4 is 4.90 Å². The van der Waals surface area contributed by atoms with E-state index in [-0.39, 0.29) is 18.4 Å². The second kappa shape index (κ2) is 7.61. The summed E-state index contributed by atoms with van der Waals surface area (Å²) in [5.74, 6) is -0.169. The minimum Gasteiger partial charge on any atom is -0.339 e. The van der Waals surface area contributed by atoms with Crippen LogP contribution in [0.5, 0.6) is 0 Å². The third-order valence-corrected chi connectivity index (χ3v) is 4.75. The summed E-state index contributed by atoms with van der Waals surface area (Å²) in [6, 6.07) is 9.51. The summed E-state index contributed by atoms with van der Waals surface area (Å²) in [6.45, 7) is 7.88. The Bertz CT molecular complexity index is 764. The van der Waals surface area contributed by atoms with Crippen molar-refractivity contribution < 1.29 is 9.59 Å². The van der Waals surface area contributed by atoms with Crippen molar-refractivity contribution in [3.63, 3.8) is 0 Å². The van der Waals surface area contributed by atoms with E-state index in [1.807, 2.05) is 35.2 Å². The van der Waals surface area contributed by atoms with Gasteiger partial charge < -0.3 is 14.7 Å². The SMILES string of the molecule is CCN1CCN(C(=O)CN(C(C)=O)c2cccc3cccnc23)CC1. The third-order valence-electron chi connectivity index (χ3n) is 4.75. The maximum Gasteiger partial charge on any atom is 0.242 e. The monoisotopic (exact) mass is 340 g/mol. The molecule has 1 aliphatic heterocycles. The van der Waals surface area contributed by atoms with E-state index in [1.165, 1.54) is 11.8 Å². The van der Waals surface area contributed by atoms with Gasteiger partial charge in [-0.05, 0) is 18.7 Å². The van der Waals surface area contributed by atoms with Crippen LogP contribution in [0.15, 0.2) is 36.5 Å². The highest BCUT2D eigenvalue weighted by Crippen LogP contribution is 2.25. The standard InChI is InChI=1S/C19H24N4O2/c1-3-21-10-12-22(13-11-21)18(25)14-23(15(2)24)17-8-4-6-16-7-5-9-20-19(16)17/h4-9H,3,10-14H2,1-2H3. The maximum absolute atomic E-state index is 12.7. The number of carbonyl (C=O) groups excluding carboxylic acids is 2. The molecule has 0 radical (unpaired) electrons. The van der Waals surface area contributed by atoms with E-state index in [4.69, 9.17) is 0 Å². The normalized spacial score (nSPS) is 15.4. The number of piperazine rings is 1. The summed E-state index contributed by atoms with van der Waals surface area (Å²) in [5.41, 5.74) is 1.43. The number of hydrogen-bond donors (Lipinski definition) is 0. The Hall–Kier alpha value is -2.47. The molecule has 0 N–H and O–H groups in total. The molecule has 6 nitrogen and oxygen atoms in total. The van der Waals surface area contributed by atoms with Gasteiger partial charge in [0, 0.05) is 44.7 Å². The molecule has 2 aromatic rings. The predicted octanol–water partition coefficient (Wildman–Crippen LogP) is 1.75. The molecule has 1 aliphatic rings. The van der Waals surface area contributed by atoms with Crippen LogP contribution in [0.3, 0.4) is 0 Å². The van der Waals surface area contributed by atoms with Crippen LogP contribution in [0.4, 0.5) is 5.69 Å². The van der Waals surface area contributed by atoms with Gasteiger partial charge in [0.25, 0.3) is 0 Å². The second-order valence-electron chi connectivity index (χ2n) is 6.27. The number of benzene rings is 1. The lowest BCUT2D eigenvalue weighted by atomic mass is 10.1. The zero-order valence-corrected chi connectivity index (χ0v) is 14.8. The summed E-state index contributed by atoms with van der Waals surface area (Å²) in [5, 5.41) is 0.954. The number of anilines is 1. The molecular formula is C19H24N4O2. The predicted molar refractivity (Wildman–Crippen MR) is 98.5 cm³/mol. The molecule has 0 bridgehead atoms. The lowest BCUT2D eigenvalue weighted by molar-refractivity contribution is -0.132. The molecule has 1 saturated heterocycles. The molecule has 3 rings (SSSR count). The van der Waals surface area contributed by atoms with Crippen molar-refractivity contribution in [2.45, 2.75) is 13.8 Å². The van der Waals surface area contributed by atoms with Crippen molar-refractivity contribution in [3.8, 4) is 0 Å². The zero-order valence-electron chi connectivity index (χ0n) is 14.8. The molecule has 2 amide bonds. The molecule has 1 fully saturated rings. The minimum absolute atomic E-state index is 0.0149. The Balaban J connectivity index is 1.80. The lowest BCUT2D eigenvalue weighted by Crippen LogP contribution is -2.51. The highest BCUT2D eigenvalue weighted by atomic mass is 16.2. The summed E-state index contributed by atoms with van der Waals surface area (Å²) in [4.78, 5) is 35.0. The fourth-order valence-corrected chi connectivity index (χ4v) is 3.22. The van der Waals surface area contributed by atoms with Crippen LogP contribution in [0.1, 0.15) is 13.8 Å². The van der Waals surface area contributed by atoms with Gasteiger partial charge in [-0.15, -0.1) is 0 Å². The van der Waals surface area contributed by atoms with Crippen molar-refractivity contribution >= 4 is 28.4 Å². The van der Waals surface area contributed by atoms with Crippen LogP contribution in [0, 0.1) is 0 Å². The molecule has 132 valence electrons. The van der Waals surface area contributed by atoms with E-state index in [2.05, 4.69) is 16.8 Å². The van der Waals surface area contributed by atoms with Gasteiger partial charge in [0.1, 0.15) is 6.54 Å². The molecule has 0 aliphatic carbocycles. The summed E-state index contributed by atoms with van der Waals surface area (Å²) in [7, 11) is 0. The Morgan fingerprint density at radius 1 is 1.12 bits per heavy atom. The Labute approximate surface area is 148 Å². The van der Waals surface area contributed by atoms with Crippen LogP contribution in [-0.4, -0.2) is 65.9 Å². The molecule has 0 saturated carbocycles.